The molecule has 20 nitrogen and oxygen atoms in total. The van der Waals surface area contributed by atoms with E-state index in [4.69, 9.17) is 20.4 Å². The average molecular weight is 532 g/mol. The molecule has 0 bridgehead atoms. The fourth-order valence-corrected chi connectivity index (χ4v) is 1.18. The zero-order chi connectivity index (χ0) is 29.8. The van der Waals surface area contributed by atoms with Gasteiger partial charge in [-0.05, 0) is 0 Å². The van der Waals surface area contributed by atoms with Gasteiger partial charge >= 0.3 is 23.9 Å². The first-order valence-corrected chi connectivity index (χ1v) is 9.18. The number of carbonyl (C=O) groups is 8. The minimum absolute atomic E-state index is 0.484. The lowest BCUT2D eigenvalue weighted by atomic mass is 10.2. The van der Waals surface area contributed by atoms with E-state index < -0.39 is 97.6 Å². The van der Waals surface area contributed by atoms with Crippen molar-refractivity contribution in [2.45, 2.75) is 49.9 Å². The van der Waals surface area contributed by atoms with Crippen LogP contribution in [0, 0.1) is 0 Å². The lowest BCUT2D eigenvalue weighted by molar-refractivity contribution is -0.436. The first-order valence-electron chi connectivity index (χ1n) is 9.18. The largest absolute Gasteiger partial charge is 0.544 e. The van der Waals surface area contributed by atoms with E-state index in [1.807, 2.05) is 0 Å². The van der Waals surface area contributed by atoms with Crippen molar-refractivity contribution in [3.63, 3.8) is 0 Å². The van der Waals surface area contributed by atoms with Crippen LogP contribution in [0.1, 0.15) is 25.7 Å². The van der Waals surface area contributed by atoms with Crippen molar-refractivity contribution in [1.29, 1.82) is 0 Å². The molecule has 4 atom stereocenters. The second-order valence-electron chi connectivity index (χ2n) is 6.46. The zero-order valence-electron chi connectivity index (χ0n) is 18.7. The summed E-state index contributed by atoms with van der Waals surface area (Å²) in [7, 11) is 0. The molecule has 0 aliphatic carbocycles. The van der Waals surface area contributed by atoms with Gasteiger partial charge in [0, 0.05) is 0 Å². The molecule has 0 amide bonds. The van der Waals surface area contributed by atoms with Gasteiger partial charge in [-0.15, -0.1) is 0 Å². The van der Waals surface area contributed by atoms with E-state index in [2.05, 4.69) is 22.9 Å². The second kappa shape index (κ2) is 21.2. The monoisotopic (exact) mass is 532 g/mol. The molecule has 36 heavy (non-hydrogen) atoms. The van der Waals surface area contributed by atoms with Crippen LogP contribution in [-0.2, 0) is 38.4 Å². The Morgan fingerprint density at radius 3 is 0.556 bits per heavy atom. The maximum absolute atomic E-state index is 9.80. The Bertz CT molecular complexity index is 658. The van der Waals surface area contributed by atoms with Crippen molar-refractivity contribution >= 4 is 47.8 Å². The highest BCUT2D eigenvalue weighted by Gasteiger charge is 2.13. The summed E-state index contributed by atoms with van der Waals surface area (Å²) in [5, 5.41) is 71.2. The van der Waals surface area contributed by atoms with E-state index in [0.29, 0.717) is 0 Å². The number of hydrogen-bond donors (Lipinski definition) is 8. The molecule has 0 aliphatic heterocycles. The van der Waals surface area contributed by atoms with Gasteiger partial charge in [-0.3, -0.25) is 19.2 Å². The van der Waals surface area contributed by atoms with E-state index in [9.17, 15) is 58.8 Å². The molecule has 0 saturated carbocycles. The van der Waals surface area contributed by atoms with Gasteiger partial charge in [0.2, 0.25) is 0 Å². The normalized spacial score (nSPS) is 12.6. The van der Waals surface area contributed by atoms with E-state index in [-0.39, 0.29) is 0 Å². The van der Waals surface area contributed by atoms with E-state index >= 15 is 0 Å². The van der Waals surface area contributed by atoms with Gasteiger partial charge < -0.3 is 83.0 Å². The Morgan fingerprint density at radius 1 is 0.417 bits per heavy atom. The van der Waals surface area contributed by atoms with Crippen molar-refractivity contribution in [2.75, 3.05) is 0 Å². The number of aliphatic carboxylic acids is 8. The summed E-state index contributed by atoms with van der Waals surface area (Å²) in [5.74, 6) is -10.5. The van der Waals surface area contributed by atoms with Crippen molar-refractivity contribution in [2.24, 2.45) is 0 Å². The van der Waals surface area contributed by atoms with Crippen molar-refractivity contribution in [3.05, 3.63) is 0 Å². The predicted molar refractivity (Wildman–Crippen MR) is 95.7 cm³/mol. The van der Waals surface area contributed by atoms with Gasteiger partial charge in [0.25, 0.3) is 0 Å². The number of quaternary nitrogens is 4. The van der Waals surface area contributed by atoms with Crippen LogP contribution in [-0.4, -0.2) is 92.3 Å². The maximum Gasteiger partial charge on any atom is 0.309 e. The summed E-state index contributed by atoms with van der Waals surface area (Å²) < 4.78 is 0. The molecule has 208 valence electrons. The van der Waals surface area contributed by atoms with E-state index in [1.54, 1.807) is 0 Å². The molecular formula is C16H28N4O16. The Hall–Kier alpha value is -4.40. The number of carbonyl (C=O) groups excluding carboxylic acids is 4. The van der Waals surface area contributed by atoms with Gasteiger partial charge in [-0.25, -0.2) is 0 Å². The highest BCUT2D eigenvalue weighted by atomic mass is 16.4. The molecule has 20 heteroatoms. The SMILES string of the molecule is [NH3+]C(CC(=O)O)C(=O)[O-].[NH3+]C(CC(=O)O)C(=O)[O-].[NH3+]C(CC(=O)O)C(=O)[O-].[NH3+]C(CC(=O)O)C(=O)[O-]. The van der Waals surface area contributed by atoms with Gasteiger partial charge in [-0.1, -0.05) is 0 Å². The third kappa shape index (κ3) is 31.8. The second-order valence-corrected chi connectivity index (χ2v) is 6.46. The molecule has 0 aromatic carbocycles. The summed E-state index contributed by atoms with van der Waals surface area (Å²) in [6, 6.07) is -4.60. The van der Waals surface area contributed by atoms with E-state index in [0.717, 1.165) is 0 Å². The van der Waals surface area contributed by atoms with Crippen LogP contribution in [0.3, 0.4) is 0 Å². The Balaban J connectivity index is -0.000000190. The quantitative estimate of drug-likeness (QED) is 0.115. The lowest BCUT2D eigenvalue weighted by Gasteiger charge is -2.04. The number of hydrogen-bond acceptors (Lipinski definition) is 12. The minimum Gasteiger partial charge on any atom is -0.544 e. The summed E-state index contributed by atoms with van der Waals surface area (Å²) in [6.07, 6.45) is -1.94. The molecule has 16 N–H and O–H groups in total. The van der Waals surface area contributed by atoms with Crippen LogP contribution in [0.2, 0.25) is 0 Å². The van der Waals surface area contributed by atoms with Crippen molar-refractivity contribution < 1.29 is 102 Å². The number of rotatable bonds is 12. The van der Waals surface area contributed by atoms with Crippen LogP contribution in [0.25, 0.3) is 0 Å². The molecule has 0 fully saturated rings. The Morgan fingerprint density at radius 2 is 0.528 bits per heavy atom. The summed E-state index contributed by atoms with van der Waals surface area (Å²) in [4.78, 5) is 78.3. The average Bonchev–Trinajstić information content (AvgIpc) is 2.67. The molecule has 0 spiro atoms. The van der Waals surface area contributed by atoms with Gasteiger partial charge in [0.15, 0.2) is 0 Å². The fraction of sp³-hybridized carbons (Fsp3) is 0.500. The zero-order valence-corrected chi connectivity index (χ0v) is 18.7. The van der Waals surface area contributed by atoms with Crippen LogP contribution in [0.4, 0.5) is 0 Å². The summed E-state index contributed by atoms with van der Waals surface area (Å²) in [5.41, 5.74) is 12.1. The first kappa shape index (κ1) is 38.8. The van der Waals surface area contributed by atoms with Gasteiger partial charge in [0.1, 0.15) is 49.9 Å². The Labute approximate surface area is 200 Å². The molecule has 4 unspecified atom stereocenters. The molecule has 0 rings (SSSR count). The molecule has 0 aliphatic rings. The molecule has 0 aromatic heterocycles. The Kier molecular flexibility index (Phi) is 22.8. The summed E-state index contributed by atoms with van der Waals surface area (Å²) in [6.45, 7) is 0. The number of carboxylic acids is 8. The lowest BCUT2D eigenvalue weighted by Crippen LogP contribution is -2.68. The van der Waals surface area contributed by atoms with Crippen molar-refractivity contribution in [1.82, 2.24) is 0 Å². The minimum atomic E-state index is -1.43. The molecule has 0 radical (unpaired) electrons. The van der Waals surface area contributed by atoms with Gasteiger partial charge in [0.05, 0.1) is 23.9 Å². The topological polar surface area (TPSA) is 420 Å². The van der Waals surface area contributed by atoms with Crippen LogP contribution in [0.5, 0.6) is 0 Å². The standard InChI is InChI=1S/4C4H7NO4/c4*5-2(4(8)9)1-3(6)7/h4*2H,1,5H2,(H,6,7)(H,8,9). The van der Waals surface area contributed by atoms with Crippen LogP contribution < -0.4 is 43.4 Å². The third-order valence-corrected chi connectivity index (χ3v) is 3.02. The highest BCUT2D eigenvalue weighted by Crippen LogP contribution is 1.83. The molecular weight excluding hydrogens is 504 g/mol. The van der Waals surface area contributed by atoms with Crippen molar-refractivity contribution in [3.8, 4) is 0 Å². The summed E-state index contributed by atoms with van der Waals surface area (Å²) >= 11 is 0. The van der Waals surface area contributed by atoms with Crippen LogP contribution >= 0.6 is 0 Å². The highest BCUT2D eigenvalue weighted by molar-refractivity contribution is 5.79. The maximum atomic E-state index is 9.80. The predicted octanol–water partition coefficient (Wildman–Crippen LogP) is -12.7. The smallest absolute Gasteiger partial charge is 0.309 e. The molecule has 0 saturated heterocycles. The number of carboxylic acid groups (broad SMARTS) is 8. The fourth-order valence-electron chi connectivity index (χ4n) is 1.18. The molecule has 0 heterocycles. The van der Waals surface area contributed by atoms with Crippen LogP contribution in [0.15, 0.2) is 0 Å². The van der Waals surface area contributed by atoms with E-state index in [1.165, 1.54) is 0 Å². The van der Waals surface area contributed by atoms with Gasteiger partial charge in [-0.2, -0.15) is 0 Å². The molecule has 0 aromatic rings. The third-order valence-electron chi connectivity index (χ3n) is 3.02. The first-order chi connectivity index (χ1) is 16.1.